The van der Waals surface area contributed by atoms with Crippen molar-refractivity contribution in [3.05, 3.63) is 42.0 Å². The summed E-state index contributed by atoms with van der Waals surface area (Å²) in [5, 5.41) is 0. The molecule has 1 aliphatic heterocycles. The molecule has 1 unspecified atom stereocenters. The highest BCUT2D eigenvalue weighted by atomic mass is 16.2. The van der Waals surface area contributed by atoms with E-state index in [2.05, 4.69) is 18.2 Å². The zero-order chi connectivity index (χ0) is 13.0. The van der Waals surface area contributed by atoms with Gasteiger partial charge in [0, 0.05) is 25.6 Å². The molecule has 96 valence electrons. The van der Waals surface area contributed by atoms with Gasteiger partial charge in [0.15, 0.2) is 0 Å². The molecule has 0 fully saturated rings. The van der Waals surface area contributed by atoms with Crippen molar-refractivity contribution in [2.75, 3.05) is 19.6 Å². The molecule has 1 aromatic rings. The van der Waals surface area contributed by atoms with E-state index in [0.717, 1.165) is 13.0 Å². The van der Waals surface area contributed by atoms with Crippen LogP contribution in [-0.2, 0) is 4.79 Å². The highest BCUT2D eigenvalue weighted by Crippen LogP contribution is 2.22. The number of nitrogens with zero attached hydrogens (tertiary/aromatic N) is 1. The second-order valence-electron chi connectivity index (χ2n) is 4.77. The normalized spacial score (nSPS) is 17.2. The molecule has 3 nitrogen and oxygen atoms in total. The van der Waals surface area contributed by atoms with E-state index in [9.17, 15) is 4.79 Å². The lowest BCUT2D eigenvalue weighted by atomic mass is 9.99. The largest absolute Gasteiger partial charge is 0.338 e. The molecule has 2 rings (SSSR count). The van der Waals surface area contributed by atoms with E-state index in [0.29, 0.717) is 13.1 Å². The van der Waals surface area contributed by atoms with E-state index in [1.807, 2.05) is 30.0 Å². The Balaban J connectivity index is 2.02. The summed E-state index contributed by atoms with van der Waals surface area (Å²) in [6, 6.07) is 10.3. The van der Waals surface area contributed by atoms with Crippen LogP contribution in [-0.4, -0.2) is 30.4 Å². The van der Waals surface area contributed by atoms with Crippen LogP contribution in [0.3, 0.4) is 0 Å². The fourth-order valence-corrected chi connectivity index (χ4v) is 2.20. The minimum absolute atomic E-state index is 0.0725. The van der Waals surface area contributed by atoms with Crippen LogP contribution in [0.2, 0.25) is 0 Å². The van der Waals surface area contributed by atoms with E-state index in [1.165, 1.54) is 11.1 Å². The molecule has 18 heavy (non-hydrogen) atoms. The third-order valence-electron chi connectivity index (χ3n) is 3.44. The first kappa shape index (κ1) is 12.8. The van der Waals surface area contributed by atoms with Gasteiger partial charge in [-0.05, 0) is 17.6 Å². The first-order valence-corrected chi connectivity index (χ1v) is 6.45. The highest BCUT2D eigenvalue weighted by Gasteiger charge is 2.21. The summed E-state index contributed by atoms with van der Waals surface area (Å²) in [6.07, 6.45) is 3.08. The van der Waals surface area contributed by atoms with Crippen molar-refractivity contribution in [3.63, 3.8) is 0 Å². The predicted molar refractivity (Wildman–Crippen MR) is 73.8 cm³/mol. The Morgan fingerprint density at radius 2 is 2.11 bits per heavy atom. The fourth-order valence-electron chi connectivity index (χ4n) is 2.20. The lowest BCUT2D eigenvalue weighted by Gasteiger charge is -2.28. The summed E-state index contributed by atoms with van der Waals surface area (Å²) in [6.45, 7) is 3.81. The Hall–Kier alpha value is -1.61. The molecule has 1 atom stereocenters. The molecule has 0 saturated carbocycles. The van der Waals surface area contributed by atoms with Crippen LogP contribution in [0.1, 0.15) is 18.9 Å². The number of carbonyl (C=O) groups excluding carboxylic acids is 1. The SMILES string of the molecule is CC(CN)C(=O)N1CC=C(c2ccccc2)CC1. The maximum atomic E-state index is 12.0. The van der Waals surface area contributed by atoms with Gasteiger partial charge in [0.1, 0.15) is 0 Å². The summed E-state index contributed by atoms with van der Waals surface area (Å²) in [7, 11) is 0. The van der Waals surface area contributed by atoms with Gasteiger partial charge in [-0.2, -0.15) is 0 Å². The van der Waals surface area contributed by atoms with Crippen LogP contribution >= 0.6 is 0 Å². The van der Waals surface area contributed by atoms with E-state index >= 15 is 0 Å². The number of hydrogen-bond acceptors (Lipinski definition) is 2. The zero-order valence-corrected chi connectivity index (χ0v) is 10.8. The lowest BCUT2D eigenvalue weighted by Crippen LogP contribution is -2.40. The second kappa shape index (κ2) is 5.83. The van der Waals surface area contributed by atoms with E-state index in [4.69, 9.17) is 5.73 Å². The van der Waals surface area contributed by atoms with E-state index in [1.54, 1.807) is 0 Å². The maximum Gasteiger partial charge on any atom is 0.226 e. The van der Waals surface area contributed by atoms with Crippen molar-refractivity contribution in [1.29, 1.82) is 0 Å². The molecule has 1 heterocycles. The molecule has 0 saturated heterocycles. The van der Waals surface area contributed by atoms with Gasteiger partial charge >= 0.3 is 0 Å². The number of benzene rings is 1. The first-order chi connectivity index (χ1) is 8.72. The molecule has 1 aromatic carbocycles. The first-order valence-electron chi connectivity index (χ1n) is 6.45. The van der Waals surface area contributed by atoms with Gasteiger partial charge in [0.2, 0.25) is 5.91 Å². The van der Waals surface area contributed by atoms with Crippen molar-refractivity contribution >= 4 is 11.5 Å². The summed E-state index contributed by atoms with van der Waals surface area (Å²) in [5.41, 5.74) is 8.13. The van der Waals surface area contributed by atoms with Crippen molar-refractivity contribution < 1.29 is 4.79 Å². The van der Waals surface area contributed by atoms with Crippen LogP contribution in [0, 0.1) is 5.92 Å². The monoisotopic (exact) mass is 244 g/mol. The molecule has 3 heteroatoms. The Morgan fingerprint density at radius 3 is 2.67 bits per heavy atom. The van der Waals surface area contributed by atoms with Crippen LogP contribution in [0.5, 0.6) is 0 Å². The van der Waals surface area contributed by atoms with Gasteiger partial charge in [-0.15, -0.1) is 0 Å². The number of carbonyl (C=O) groups is 1. The number of rotatable bonds is 3. The number of hydrogen-bond donors (Lipinski definition) is 1. The quantitative estimate of drug-likeness (QED) is 0.882. The minimum atomic E-state index is -0.0725. The maximum absolute atomic E-state index is 12.0. The molecular formula is C15H20N2O. The molecule has 0 radical (unpaired) electrons. The Labute approximate surface area is 108 Å². The topological polar surface area (TPSA) is 46.3 Å². The number of nitrogens with two attached hydrogens (primary N) is 1. The standard InChI is InChI=1S/C15H20N2O/c1-12(11-16)15(18)17-9-7-14(8-10-17)13-5-3-2-4-6-13/h2-7,12H,8-11,16H2,1H3. The van der Waals surface area contributed by atoms with Crippen LogP contribution in [0.15, 0.2) is 36.4 Å². The summed E-state index contributed by atoms with van der Waals surface area (Å²) in [5.74, 6) is 0.0949. The minimum Gasteiger partial charge on any atom is -0.338 e. The average molecular weight is 244 g/mol. The predicted octanol–water partition coefficient (Wildman–Crippen LogP) is 1.90. The van der Waals surface area contributed by atoms with Gasteiger partial charge in [-0.3, -0.25) is 4.79 Å². The van der Waals surface area contributed by atoms with Gasteiger partial charge in [0.25, 0.3) is 0 Å². The zero-order valence-electron chi connectivity index (χ0n) is 10.8. The molecule has 2 N–H and O–H groups in total. The molecule has 1 amide bonds. The smallest absolute Gasteiger partial charge is 0.226 e. The van der Waals surface area contributed by atoms with E-state index in [-0.39, 0.29) is 11.8 Å². The second-order valence-corrected chi connectivity index (χ2v) is 4.77. The van der Waals surface area contributed by atoms with Crippen molar-refractivity contribution in [2.45, 2.75) is 13.3 Å². The Bertz CT molecular complexity index is 439. The molecule has 0 aliphatic carbocycles. The Kier molecular flexibility index (Phi) is 4.15. The average Bonchev–Trinajstić information content (AvgIpc) is 2.47. The van der Waals surface area contributed by atoms with Crippen LogP contribution in [0.4, 0.5) is 0 Å². The Morgan fingerprint density at radius 1 is 1.39 bits per heavy atom. The van der Waals surface area contributed by atoms with Crippen LogP contribution in [0.25, 0.3) is 5.57 Å². The summed E-state index contributed by atoms with van der Waals surface area (Å²) >= 11 is 0. The van der Waals surface area contributed by atoms with Gasteiger partial charge in [-0.25, -0.2) is 0 Å². The third kappa shape index (κ3) is 2.79. The van der Waals surface area contributed by atoms with Crippen molar-refractivity contribution in [3.8, 4) is 0 Å². The van der Waals surface area contributed by atoms with Crippen LogP contribution < -0.4 is 5.73 Å². The lowest BCUT2D eigenvalue weighted by molar-refractivity contribution is -0.134. The molecular weight excluding hydrogens is 224 g/mol. The highest BCUT2D eigenvalue weighted by molar-refractivity contribution is 5.80. The molecule has 0 aromatic heterocycles. The van der Waals surface area contributed by atoms with Gasteiger partial charge in [0.05, 0.1) is 0 Å². The fraction of sp³-hybridized carbons (Fsp3) is 0.400. The van der Waals surface area contributed by atoms with Crippen molar-refractivity contribution in [1.82, 2.24) is 4.90 Å². The van der Waals surface area contributed by atoms with Crippen molar-refractivity contribution in [2.24, 2.45) is 11.7 Å². The van der Waals surface area contributed by atoms with Gasteiger partial charge in [-0.1, -0.05) is 43.3 Å². The number of amides is 1. The third-order valence-corrected chi connectivity index (χ3v) is 3.44. The summed E-state index contributed by atoms with van der Waals surface area (Å²) in [4.78, 5) is 13.9. The van der Waals surface area contributed by atoms with Gasteiger partial charge < -0.3 is 10.6 Å². The summed E-state index contributed by atoms with van der Waals surface area (Å²) < 4.78 is 0. The molecule has 0 spiro atoms. The van der Waals surface area contributed by atoms with E-state index < -0.39 is 0 Å². The molecule has 1 aliphatic rings. The molecule has 0 bridgehead atoms.